The summed E-state index contributed by atoms with van der Waals surface area (Å²) in [7, 11) is 0. The Kier molecular flexibility index (Phi) is 5.82. The number of hydrogen-bond donors (Lipinski definition) is 3. The molecular formula is C25H28N4O3. The summed E-state index contributed by atoms with van der Waals surface area (Å²) in [4.78, 5) is 37.9. The van der Waals surface area contributed by atoms with Gasteiger partial charge in [0.2, 0.25) is 17.7 Å². The molecule has 3 N–H and O–H groups in total. The lowest BCUT2D eigenvalue weighted by Gasteiger charge is -2.22. The monoisotopic (exact) mass is 432 g/mol. The van der Waals surface area contributed by atoms with Gasteiger partial charge in [0.15, 0.2) is 0 Å². The van der Waals surface area contributed by atoms with E-state index in [0.717, 1.165) is 5.56 Å². The molecule has 1 aliphatic heterocycles. The summed E-state index contributed by atoms with van der Waals surface area (Å²) in [6.07, 6.45) is 0.990. The number of carbonyl (C=O) groups excluding carboxylic acids is 3. The average molecular weight is 433 g/mol. The molecule has 4 rings (SSSR count). The Bertz CT molecular complexity index is 1080. The molecule has 1 fully saturated rings. The number of amides is 3. The molecule has 0 aromatic heterocycles. The summed E-state index contributed by atoms with van der Waals surface area (Å²) in [6, 6.07) is 17.2. The summed E-state index contributed by atoms with van der Waals surface area (Å²) in [5.41, 5.74) is 4.90. The van der Waals surface area contributed by atoms with Gasteiger partial charge in [0.1, 0.15) is 0 Å². The molecule has 7 heteroatoms. The predicted octanol–water partition coefficient (Wildman–Crippen LogP) is 2.87. The number of carbonyl (C=O) groups is 3. The summed E-state index contributed by atoms with van der Waals surface area (Å²) in [5, 5.41) is 10.2. The maximum Gasteiger partial charge on any atom is 0.245 e. The molecule has 2 aromatic rings. The molecule has 1 aliphatic carbocycles. The van der Waals surface area contributed by atoms with E-state index in [0.29, 0.717) is 29.8 Å². The van der Waals surface area contributed by atoms with Gasteiger partial charge in [0.25, 0.3) is 0 Å². The molecule has 3 atom stereocenters. The van der Waals surface area contributed by atoms with Crippen molar-refractivity contribution in [3.05, 3.63) is 65.7 Å². The number of aryl methyl sites for hydroxylation is 1. The van der Waals surface area contributed by atoms with E-state index in [2.05, 4.69) is 21.2 Å². The number of benzene rings is 2. The Morgan fingerprint density at radius 3 is 2.50 bits per heavy atom. The van der Waals surface area contributed by atoms with Crippen LogP contribution in [0.1, 0.15) is 38.3 Å². The molecule has 1 saturated carbocycles. The van der Waals surface area contributed by atoms with Crippen molar-refractivity contribution < 1.29 is 14.4 Å². The fraction of sp³-hybridized carbons (Fsp3) is 0.360. The highest BCUT2D eigenvalue weighted by molar-refractivity contribution is 6.19. The number of hydrogen-bond acceptors (Lipinski definition) is 4. The highest BCUT2D eigenvalue weighted by Crippen LogP contribution is 2.62. The Hall–Kier alpha value is -3.48. The highest BCUT2D eigenvalue weighted by atomic mass is 16.2. The second-order valence-corrected chi connectivity index (χ2v) is 8.92. The largest absolute Gasteiger partial charge is 0.354 e. The zero-order valence-electron chi connectivity index (χ0n) is 18.5. The van der Waals surface area contributed by atoms with E-state index in [9.17, 15) is 14.4 Å². The van der Waals surface area contributed by atoms with E-state index in [1.165, 1.54) is 0 Å². The molecule has 2 aliphatic rings. The number of hydrazone groups is 1. The first-order chi connectivity index (χ1) is 15.3. The number of nitrogens with zero attached hydrogens (tertiary/aromatic N) is 1. The topological polar surface area (TPSA) is 99.7 Å². The Labute approximate surface area is 187 Å². The first-order valence-corrected chi connectivity index (χ1v) is 10.9. The number of nitrogens with one attached hydrogen (secondary N) is 3. The molecule has 166 valence electrons. The molecule has 0 saturated heterocycles. The molecular weight excluding hydrogens is 404 g/mol. The molecule has 0 spiro atoms. The molecule has 1 heterocycles. The van der Waals surface area contributed by atoms with Gasteiger partial charge in [-0.2, -0.15) is 5.10 Å². The van der Waals surface area contributed by atoms with Crippen LogP contribution < -0.4 is 16.1 Å². The summed E-state index contributed by atoms with van der Waals surface area (Å²) in [6.45, 7) is 5.68. The van der Waals surface area contributed by atoms with E-state index in [-0.39, 0.29) is 23.8 Å². The quantitative estimate of drug-likeness (QED) is 0.627. The Morgan fingerprint density at radius 2 is 1.78 bits per heavy atom. The number of para-hydroxylation sites is 1. The van der Waals surface area contributed by atoms with Crippen molar-refractivity contribution in [2.75, 3.05) is 5.32 Å². The fourth-order valence-corrected chi connectivity index (χ4v) is 4.59. The van der Waals surface area contributed by atoms with Crippen molar-refractivity contribution in [1.29, 1.82) is 0 Å². The first-order valence-electron chi connectivity index (χ1n) is 10.9. The van der Waals surface area contributed by atoms with Gasteiger partial charge in [-0.3, -0.25) is 14.4 Å². The van der Waals surface area contributed by atoms with Crippen molar-refractivity contribution in [1.82, 2.24) is 10.7 Å². The Morgan fingerprint density at radius 1 is 1.09 bits per heavy atom. The van der Waals surface area contributed by atoms with E-state index in [1.807, 2.05) is 75.4 Å². The van der Waals surface area contributed by atoms with E-state index in [1.54, 1.807) is 0 Å². The fourth-order valence-electron chi connectivity index (χ4n) is 4.59. The van der Waals surface area contributed by atoms with Crippen molar-refractivity contribution >= 4 is 29.1 Å². The van der Waals surface area contributed by atoms with Crippen LogP contribution in [0, 0.1) is 17.3 Å². The van der Waals surface area contributed by atoms with Crippen LogP contribution in [0.2, 0.25) is 0 Å². The standard InChI is InChI=1S/C25H28N4O3/c1-15(2)26-23(31)20-21-24(32)29-28-22(25(20,21)3)17-11-7-8-12-18(17)27-19(30)14-13-16-9-5-4-6-10-16/h4-12,15,20-21H,13-14H2,1-3H3,(H,26,31)(H,27,30)(H,29,32)/t20-,21+,25+/m0/s1. The second-order valence-electron chi connectivity index (χ2n) is 8.92. The lowest BCUT2D eigenvalue weighted by Crippen LogP contribution is -2.35. The third kappa shape index (κ3) is 4.02. The van der Waals surface area contributed by atoms with Crippen LogP contribution in [-0.2, 0) is 20.8 Å². The minimum absolute atomic E-state index is 0.0200. The second kappa shape index (κ2) is 8.57. The molecule has 0 unspecified atom stereocenters. The predicted molar refractivity (Wildman–Crippen MR) is 123 cm³/mol. The van der Waals surface area contributed by atoms with E-state index >= 15 is 0 Å². The lowest BCUT2D eigenvalue weighted by atomic mass is 9.89. The van der Waals surface area contributed by atoms with Crippen LogP contribution in [0.3, 0.4) is 0 Å². The van der Waals surface area contributed by atoms with E-state index in [4.69, 9.17) is 0 Å². The van der Waals surface area contributed by atoms with Crippen LogP contribution in [0.4, 0.5) is 5.69 Å². The molecule has 3 amide bonds. The van der Waals surface area contributed by atoms with Crippen LogP contribution in [0.15, 0.2) is 59.7 Å². The molecule has 0 radical (unpaired) electrons. The SMILES string of the molecule is CC(C)NC(=O)[C@@H]1[C@@H]2C(=O)NN=C(c3ccccc3NC(=O)CCc3ccccc3)[C@]12C. The number of rotatable bonds is 7. The minimum atomic E-state index is -0.716. The summed E-state index contributed by atoms with van der Waals surface area (Å²) >= 11 is 0. The first kappa shape index (κ1) is 21.7. The van der Waals surface area contributed by atoms with Gasteiger partial charge in [0, 0.05) is 29.1 Å². The van der Waals surface area contributed by atoms with E-state index < -0.39 is 17.3 Å². The smallest absolute Gasteiger partial charge is 0.245 e. The normalized spacial score (nSPS) is 23.6. The van der Waals surface area contributed by atoms with Crippen molar-refractivity contribution in [2.24, 2.45) is 22.4 Å². The molecule has 7 nitrogen and oxygen atoms in total. The number of anilines is 1. The van der Waals surface area contributed by atoms with Gasteiger partial charge in [-0.15, -0.1) is 0 Å². The van der Waals surface area contributed by atoms with Crippen LogP contribution >= 0.6 is 0 Å². The zero-order valence-corrected chi connectivity index (χ0v) is 18.5. The van der Waals surface area contributed by atoms with Crippen LogP contribution in [0.5, 0.6) is 0 Å². The van der Waals surface area contributed by atoms with Crippen LogP contribution in [-0.4, -0.2) is 29.5 Å². The zero-order chi connectivity index (χ0) is 22.9. The Balaban J connectivity index is 1.54. The van der Waals surface area contributed by atoms with Gasteiger partial charge in [-0.1, -0.05) is 55.5 Å². The summed E-state index contributed by atoms with van der Waals surface area (Å²) in [5.74, 6) is -1.47. The van der Waals surface area contributed by atoms with Crippen molar-refractivity contribution in [2.45, 2.75) is 39.7 Å². The van der Waals surface area contributed by atoms with Gasteiger partial charge in [0.05, 0.1) is 17.5 Å². The van der Waals surface area contributed by atoms with Gasteiger partial charge >= 0.3 is 0 Å². The minimum Gasteiger partial charge on any atom is -0.354 e. The number of fused-ring (bicyclic) bond motifs is 1. The maximum atomic E-state index is 12.8. The third-order valence-electron chi connectivity index (χ3n) is 6.24. The highest BCUT2D eigenvalue weighted by Gasteiger charge is 2.72. The molecule has 2 aromatic carbocycles. The van der Waals surface area contributed by atoms with Gasteiger partial charge in [-0.25, -0.2) is 5.43 Å². The average Bonchev–Trinajstić information content (AvgIpc) is 3.41. The lowest BCUT2D eigenvalue weighted by molar-refractivity contribution is -0.127. The van der Waals surface area contributed by atoms with Crippen LogP contribution in [0.25, 0.3) is 0 Å². The van der Waals surface area contributed by atoms with Crippen molar-refractivity contribution in [3.8, 4) is 0 Å². The molecule has 0 bridgehead atoms. The third-order valence-corrected chi connectivity index (χ3v) is 6.24. The van der Waals surface area contributed by atoms with Gasteiger partial charge < -0.3 is 10.6 Å². The molecule has 32 heavy (non-hydrogen) atoms. The maximum absolute atomic E-state index is 12.8. The van der Waals surface area contributed by atoms with Gasteiger partial charge in [-0.05, 0) is 31.9 Å². The summed E-state index contributed by atoms with van der Waals surface area (Å²) < 4.78 is 0. The van der Waals surface area contributed by atoms with Crippen molar-refractivity contribution in [3.63, 3.8) is 0 Å².